The summed E-state index contributed by atoms with van der Waals surface area (Å²) in [4.78, 5) is 0. The molecule has 23 heavy (non-hydrogen) atoms. The normalized spacial score (nSPS) is 54.4. The standard InChI is InChI=1S/C12H22O11/c13-1-4-6(16)8(18)10(20)12(21,23-4)11(3-15)9(19)7(17)5(2-14)22-11/h4-10,13-21H,1-3H2/t4-,5-,6+,7-,8+,9+,10-,11-,12-/m1/s1. The molecule has 2 rings (SSSR count). The first-order valence-electron chi connectivity index (χ1n) is 7.01. The first kappa shape index (κ1) is 18.9. The molecular formula is C12H22O11. The lowest BCUT2D eigenvalue weighted by Crippen LogP contribution is -2.77. The fraction of sp³-hybridized carbons (Fsp3) is 1.00. The van der Waals surface area contributed by atoms with Gasteiger partial charge in [0, 0.05) is 0 Å². The van der Waals surface area contributed by atoms with Crippen LogP contribution in [0.15, 0.2) is 0 Å². The fourth-order valence-electron chi connectivity index (χ4n) is 3.08. The summed E-state index contributed by atoms with van der Waals surface area (Å²) in [6.45, 7) is -2.81. The average Bonchev–Trinajstić information content (AvgIpc) is 2.81. The predicted octanol–water partition coefficient (Wildman–Crippen LogP) is -6.01. The molecule has 2 heterocycles. The second-order valence-electron chi connectivity index (χ2n) is 5.78. The van der Waals surface area contributed by atoms with Crippen LogP contribution in [0.5, 0.6) is 0 Å². The highest BCUT2D eigenvalue weighted by Crippen LogP contribution is 2.45. The van der Waals surface area contributed by atoms with Crippen LogP contribution in [0.3, 0.4) is 0 Å². The summed E-state index contributed by atoms with van der Waals surface area (Å²) in [5.74, 6) is -2.99. The third-order valence-corrected chi connectivity index (χ3v) is 4.53. The quantitative estimate of drug-likeness (QED) is 0.235. The van der Waals surface area contributed by atoms with Gasteiger partial charge in [-0.1, -0.05) is 0 Å². The molecule has 11 nitrogen and oxygen atoms in total. The van der Waals surface area contributed by atoms with E-state index >= 15 is 0 Å². The minimum Gasteiger partial charge on any atom is -0.394 e. The van der Waals surface area contributed by atoms with Crippen molar-refractivity contribution < 1.29 is 55.4 Å². The molecule has 9 atom stereocenters. The first-order valence-corrected chi connectivity index (χ1v) is 7.01. The van der Waals surface area contributed by atoms with Crippen LogP contribution in [0.1, 0.15) is 0 Å². The highest BCUT2D eigenvalue weighted by atomic mass is 16.7. The Morgan fingerprint density at radius 1 is 0.696 bits per heavy atom. The van der Waals surface area contributed by atoms with Gasteiger partial charge < -0.3 is 55.4 Å². The Morgan fingerprint density at radius 3 is 1.65 bits per heavy atom. The number of rotatable bonds is 4. The van der Waals surface area contributed by atoms with Gasteiger partial charge in [0.05, 0.1) is 19.8 Å². The molecular weight excluding hydrogens is 320 g/mol. The Labute approximate surface area is 130 Å². The van der Waals surface area contributed by atoms with Crippen LogP contribution in [0.25, 0.3) is 0 Å². The molecule has 0 radical (unpaired) electrons. The van der Waals surface area contributed by atoms with Crippen molar-refractivity contribution in [3.63, 3.8) is 0 Å². The number of aliphatic hydroxyl groups excluding tert-OH is 8. The molecule has 2 aliphatic heterocycles. The van der Waals surface area contributed by atoms with Crippen LogP contribution in [0, 0.1) is 0 Å². The molecule has 0 bridgehead atoms. The van der Waals surface area contributed by atoms with Gasteiger partial charge in [-0.2, -0.15) is 0 Å². The zero-order valence-electron chi connectivity index (χ0n) is 12.0. The van der Waals surface area contributed by atoms with Crippen molar-refractivity contribution in [2.24, 2.45) is 0 Å². The van der Waals surface area contributed by atoms with Gasteiger partial charge in [0.1, 0.15) is 42.7 Å². The van der Waals surface area contributed by atoms with Crippen LogP contribution in [0.4, 0.5) is 0 Å². The molecule has 0 unspecified atom stereocenters. The van der Waals surface area contributed by atoms with E-state index in [0.717, 1.165) is 0 Å². The van der Waals surface area contributed by atoms with Crippen molar-refractivity contribution in [2.45, 2.75) is 54.1 Å². The van der Waals surface area contributed by atoms with Crippen LogP contribution >= 0.6 is 0 Å². The molecule has 136 valence electrons. The Bertz CT molecular complexity index is 420. The largest absolute Gasteiger partial charge is 0.394 e. The lowest BCUT2D eigenvalue weighted by molar-refractivity contribution is -0.415. The Kier molecular flexibility index (Phi) is 5.31. The van der Waals surface area contributed by atoms with Gasteiger partial charge in [-0.15, -0.1) is 0 Å². The molecule has 2 fully saturated rings. The second-order valence-corrected chi connectivity index (χ2v) is 5.78. The van der Waals surface area contributed by atoms with Gasteiger partial charge in [0.25, 0.3) is 0 Å². The molecule has 0 aromatic heterocycles. The summed E-state index contributed by atoms with van der Waals surface area (Å²) >= 11 is 0. The van der Waals surface area contributed by atoms with Gasteiger partial charge in [-0.05, 0) is 0 Å². The molecule has 9 N–H and O–H groups in total. The lowest BCUT2D eigenvalue weighted by atomic mass is 9.78. The minimum absolute atomic E-state index is 0.777. The van der Waals surface area contributed by atoms with E-state index < -0.39 is 73.9 Å². The summed E-state index contributed by atoms with van der Waals surface area (Å²) in [5, 5.41) is 88.2. The highest BCUT2D eigenvalue weighted by Gasteiger charge is 2.71. The Hall–Kier alpha value is -0.440. The molecule has 2 saturated heterocycles. The third-order valence-electron chi connectivity index (χ3n) is 4.53. The monoisotopic (exact) mass is 342 g/mol. The van der Waals surface area contributed by atoms with Crippen molar-refractivity contribution in [2.75, 3.05) is 19.8 Å². The maximum Gasteiger partial charge on any atom is 0.230 e. The molecule has 0 amide bonds. The van der Waals surface area contributed by atoms with Crippen molar-refractivity contribution >= 4 is 0 Å². The summed E-state index contributed by atoms with van der Waals surface area (Å²) < 4.78 is 10.2. The van der Waals surface area contributed by atoms with E-state index in [1.165, 1.54) is 0 Å². The first-order chi connectivity index (χ1) is 10.7. The van der Waals surface area contributed by atoms with Gasteiger partial charge in [0.2, 0.25) is 5.79 Å². The summed E-state index contributed by atoms with van der Waals surface area (Å²) in [7, 11) is 0. The molecule has 0 aromatic carbocycles. The summed E-state index contributed by atoms with van der Waals surface area (Å²) in [5.41, 5.74) is -2.53. The lowest BCUT2D eigenvalue weighted by Gasteiger charge is -2.53. The van der Waals surface area contributed by atoms with E-state index in [4.69, 9.17) is 19.7 Å². The van der Waals surface area contributed by atoms with Crippen LogP contribution in [-0.4, -0.2) is 120 Å². The summed E-state index contributed by atoms with van der Waals surface area (Å²) in [6, 6.07) is 0. The zero-order chi connectivity index (χ0) is 17.6. The van der Waals surface area contributed by atoms with E-state index in [-0.39, 0.29) is 0 Å². The van der Waals surface area contributed by atoms with Crippen LogP contribution < -0.4 is 0 Å². The average molecular weight is 342 g/mol. The van der Waals surface area contributed by atoms with Gasteiger partial charge >= 0.3 is 0 Å². The summed E-state index contributed by atoms with van der Waals surface area (Å²) in [6.07, 6.45) is -12.7. The van der Waals surface area contributed by atoms with Crippen LogP contribution in [-0.2, 0) is 9.47 Å². The molecule has 0 aromatic rings. The topological polar surface area (TPSA) is 201 Å². The van der Waals surface area contributed by atoms with E-state index in [0.29, 0.717) is 0 Å². The molecule has 0 aliphatic carbocycles. The maximum absolute atomic E-state index is 10.7. The fourth-order valence-corrected chi connectivity index (χ4v) is 3.08. The van der Waals surface area contributed by atoms with E-state index in [9.17, 15) is 35.7 Å². The SMILES string of the molecule is OC[C@H]1O[C@@](O)([C@]2(CO)O[C@H](CO)[C@@H](O)[C@@H]2O)[C@H](O)[C@@H](O)[C@H]1O. The smallest absolute Gasteiger partial charge is 0.230 e. The van der Waals surface area contributed by atoms with E-state index in [2.05, 4.69) is 0 Å². The van der Waals surface area contributed by atoms with E-state index in [1.807, 2.05) is 0 Å². The molecule has 11 heteroatoms. The number of hydrogen-bond donors (Lipinski definition) is 9. The molecule has 0 saturated carbocycles. The second kappa shape index (κ2) is 6.46. The van der Waals surface area contributed by atoms with Gasteiger partial charge in [-0.3, -0.25) is 0 Å². The van der Waals surface area contributed by atoms with Gasteiger partial charge in [-0.25, -0.2) is 0 Å². The van der Waals surface area contributed by atoms with Crippen molar-refractivity contribution in [3.05, 3.63) is 0 Å². The predicted molar refractivity (Wildman–Crippen MR) is 68.7 cm³/mol. The van der Waals surface area contributed by atoms with Crippen molar-refractivity contribution in [1.29, 1.82) is 0 Å². The van der Waals surface area contributed by atoms with Crippen molar-refractivity contribution in [1.82, 2.24) is 0 Å². The van der Waals surface area contributed by atoms with Crippen LogP contribution in [0.2, 0.25) is 0 Å². The zero-order valence-corrected chi connectivity index (χ0v) is 12.0. The third kappa shape index (κ3) is 2.49. The number of ether oxygens (including phenoxy) is 2. The number of hydrogen-bond acceptors (Lipinski definition) is 11. The van der Waals surface area contributed by atoms with E-state index in [1.54, 1.807) is 0 Å². The number of aliphatic hydroxyl groups is 9. The molecule has 2 aliphatic rings. The van der Waals surface area contributed by atoms with Crippen molar-refractivity contribution in [3.8, 4) is 0 Å². The molecule has 0 spiro atoms. The maximum atomic E-state index is 10.7. The highest BCUT2D eigenvalue weighted by molar-refractivity contribution is 5.15. The Morgan fingerprint density at radius 2 is 1.22 bits per heavy atom. The minimum atomic E-state index is -2.99. The Balaban J connectivity index is 2.46. The van der Waals surface area contributed by atoms with Gasteiger partial charge in [0.15, 0.2) is 5.60 Å².